The number of imide groups is 1. The molecule has 8 nitrogen and oxygen atoms in total. The standard InChI is InChI=1S/C22H26FN3O5S/c1-14(17-4-5-19(23)20(7-17)31-11-15-2-3-15)12-32(29,30)13-18-6-16(8-24-18)9-26-10-21(27)25-22(26)28/h4-5,7-8,14-15H,2-3,6,9-13H2,1H3,(H,25,27,28)/t14-/m0/s1. The molecular formula is C22H26FN3O5S. The van der Waals surface area contributed by atoms with Crippen molar-refractivity contribution in [2.24, 2.45) is 10.9 Å². The van der Waals surface area contributed by atoms with Crippen LogP contribution in [0.4, 0.5) is 9.18 Å². The summed E-state index contributed by atoms with van der Waals surface area (Å²) in [6.07, 6.45) is 4.11. The topological polar surface area (TPSA) is 105 Å². The summed E-state index contributed by atoms with van der Waals surface area (Å²) in [6, 6.07) is 4.05. The summed E-state index contributed by atoms with van der Waals surface area (Å²) in [6.45, 7) is 2.50. The van der Waals surface area contributed by atoms with E-state index >= 15 is 0 Å². The lowest BCUT2D eigenvalue weighted by Gasteiger charge is -2.15. The van der Waals surface area contributed by atoms with Gasteiger partial charge in [-0.25, -0.2) is 17.6 Å². The van der Waals surface area contributed by atoms with Crippen LogP contribution in [0.5, 0.6) is 5.75 Å². The molecule has 3 aliphatic rings. The summed E-state index contributed by atoms with van der Waals surface area (Å²) in [5, 5.41) is 2.21. The third-order valence-electron chi connectivity index (χ3n) is 5.71. The Kier molecular flexibility index (Phi) is 6.32. The van der Waals surface area contributed by atoms with Crippen LogP contribution in [0, 0.1) is 11.7 Å². The third kappa shape index (κ3) is 5.73. The molecule has 10 heteroatoms. The molecule has 1 aromatic carbocycles. The van der Waals surface area contributed by atoms with E-state index in [9.17, 15) is 22.4 Å². The van der Waals surface area contributed by atoms with Crippen molar-refractivity contribution in [2.45, 2.75) is 32.1 Å². The van der Waals surface area contributed by atoms with Gasteiger partial charge in [-0.3, -0.25) is 15.1 Å². The number of urea groups is 1. The number of nitrogens with zero attached hydrogens (tertiary/aromatic N) is 2. The van der Waals surface area contributed by atoms with E-state index in [4.69, 9.17) is 4.74 Å². The molecule has 2 heterocycles. The molecule has 1 aromatic rings. The Morgan fingerprint density at radius 1 is 1.31 bits per heavy atom. The second-order valence-corrected chi connectivity index (χ2v) is 10.9. The van der Waals surface area contributed by atoms with E-state index in [1.807, 2.05) is 0 Å². The molecule has 4 rings (SSSR count). The zero-order valence-corrected chi connectivity index (χ0v) is 18.7. The SMILES string of the molecule is C[C@@H](CS(=O)(=O)CC1=NC=C(CN2CC(=O)NC2=O)C1)c1ccc(F)c(OCC2CC2)c1. The Morgan fingerprint density at radius 2 is 2.09 bits per heavy atom. The van der Waals surface area contributed by atoms with E-state index in [0.717, 1.165) is 18.4 Å². The van der Waals surface area contributed by atoms with Crippen molar-refractivity contribution < 1.29 is 27.1 Å². The Morgan fingerprint density at radius 3 is 2.78 bits per heavy atom. The van der Waals surface area contributed by atoms with Crippen LogP contribution in [0.1, 0.15) is 37.7 Å². The summed E-state index contributed by atoms with van der Waals surface area (Å²) in [7, 11) is -3.47. The fraction of sp³-hybridized carbons (Fsp3) is 0.500. The Bertz CT molecular complexity index is 1090. The Labute approximate surface area is 186 Å². The minimum Gasteiger partial charge on any atom is -0.490 e. The minimum atomic E-state index is -3.47. The van der Waals surface area contributed by atoms with Crippen LogP contribution < -0.4 is 10.1 Å². The number of nitrogens with one attached hydrogen (secondary N) is 1. The van der Waals surface area contributed by atoms with Crippen molar-refractivity contribution in [3.8, 4) is 5.75 Å². The van der Waals surface area contributed by atoms with E-state index in [0.29, 0.717) is 30.2 Å². The number of hydrogen-bond donors (Lipinski definition) is 1. The van der Waals surface area contributed by atoms with Gasteiger partial charge >= 0.3 is 6.03 Å². The number of halogens is 1. The van der Waals surface area contributed by atoms with Crippen LogP contribution >= 0.6 is 0 Å². The zero-order chi connectivity index (χ0) is 22.9. The van der Waals surface area contributed by atoms with E-state index in [1.165, 1.54) is 11.0 Å². The van der Waals surface area contributed by atoms with Crippen molar-refractivity contribution in [3.63, 3.8) is 0 Å². The van der Waals surface area contributed by atoms with Gasteiger partial charge in [-0.15, -0.1) is 0 Å². The number of amides is 3. The molecule has 172 valence electrons. The predicted molar refractivity (Wildman–Crippen MR) is 117 cm³/mol. The van der Waals surface area contributed by atoms with Gasteiger partial charge in [0.1, 0.15) is 6.54 Å². The van der Waals surface area contributed by atoms with Crippen LogP contribution in [0.2, 0.25) is 0 Å². The van der Waals surface area contributed by atoms with Gasteiger partial charge in [-0.05, 0) is 47.9 Å². The van der Waals surface area contributed by atoms with Crippen LogP contribution in [0.25, 0.3) is 0 Å². The second-order valence-electron chi connectivity index (χ2n) is 8.77. The average Bonchev–Trinajstić information content (AvgIpc) is 3.36. The molecule has 0 aromatic heterocycles. The monoisotopic (exact) mass is 463 g/mol. The summed E-state index contributed by atoms with van der Waals surface area (Å²) >= 11 is 0. The maximum Gasteiger partial charge on any atom is 0.324 e. The molecule has 1 atom stereocenters. The summed E-state index contributed by atoms with van der Waals surface area (Å²) in [5.74, 6) is -0.770. The molecule has 1 N–H and O–H groups in total. The lowest BCUT2D eigenvalue weighted by Crippen LogP contribution is -2.30. The van der Waals surface area contributed by atoms with Crippen LogP contribution in [-0.4, -0.2) is 62.2 Å². The first kappa shape index (κ1) is 22.4. The van der Waals surface area contributed by atoms with E-state index in [-0.39, 0.29) is 42.2 Å². The molecule has 0 radical (unpaired) electrons. The van der Waals surface area contributed by atoms with Crippen LogP contribution in [-0.2, 0) is 14.6 Å². The number of sulfone groups is 1. The highest BCUT2D eigenvalue weighted by Gasteiger charge is 2.29. The number of rotatable bonds is 10. The Balaban J connectivity index is 1.30. The highest BCUT2D eigenvalue weighted by molar-refractivity contribution is 7.92. The number of carbonyl (C=O) groups is 2. The van der Waals surface area contributed by atoms with E-state index in [1.54, 1.807) is 25.3 Å². The first-order chi connectivity index (χ1) is 15.2. The molecule has 3 amide bonds. The third-order valence-corrected chi connectivity index (χ3v) is 7.49. The maximum absolute atomic E-state index is 14.0. The highest BCUT2D eigenvalue weighted by atomic mass is 32.2. The van der Waals surface area contributed by atoms with Crippen molar-refractivity contribution in [2.75, 3.05) is 31.2 Å². The van der Waals surface area contributed by atoms with Crippen molar-refractivity contribution >= 4 is 27.5 Å². The lowest BCUT2D eigenvalue weighted by molar-refractivity contribution is -0.118. The highest BCUT2D eigenvalue weighted by Crippen LogP contribution is 2.31. The quantitative estimate of drug-likeness (QED) is 0.537. The first-order valence-corrected chi connectivity index (χ1v) is 12.5. The molecule has 1 aliphatic carbocycles. The fourth-order valence-corrected chi connectivity index (χ4v) is 5.55. The number of aliphatic imine (C=N–C) groups is 1. The molecule has 1 saturated carbocycles. The van der Waals surface area contributed by atoms with Gasteiger partial charge in [0, 0.05) is 24.9 Å². The van der Waals surface area contributed by atoms with E-state index in [2.05, 4.69) is 10.3 Å². The lowest BCUT2D eigenvalue weighted by atomic mass is 10.0. The summed E-state index contributed by atoms with van der Waals surface area (Å²) in [4.78, 5) is 28.5. The summed E-state index contributed by atoms with van der Waals surface area (Å²) in [5.41, 5.74) is 1.99. The van der Waals surface area contributed by atoms with Gasteiger partial charge in [0.15, 0.2) is 21.4 Å². The largest absolute Gasteiger partial charge is 0.490 e. The smallest absolute Gasteiger partial charge is 0.324 e. The van der Waals surface area contributed by atoms with Crippen LogP contribution in [0.3, 0.4) is 0 Å². The molecule has 32 heavy (non-hydrogen) atoms. The van der Waals surface area contributed by atoms with Gasteiger partial charge < -0.3 is 9.64 Å². The van der Waals surface area contributed by atoms with Crippen molar-refractivity contribution in [1.29, 1.82) is 0 Å². The van der Waals surface area contributed by atoms with Crippen molar-refractivity contribution in [3.05, 3.63) is 41.4 Å². The van der Waals surface area contributed by atoms with Crippen LogP contribution in [0.15, 0.2) is 35.0 Å². The maximum atomic E-state index is 14.0. The molecule has 0 unspecified atom stereocenters. The van der Waals surface area contributed by atoms with Gasteiger partial charge in [0.2, 0.25) is 5.91 Å². The number of carbonyl (C=O) groups excluding carboxylic acids is 2. The Hall–Kier alpha value is -2.75. The van der Waals surface area contributed by atoms with Gasteiger partial charge in [-0.2, -0.15) is 0 Å². The first-order valence-electron chi connectivity index (χ1n) is 10.6. The second kappa shape index (κ2) is 9.01. The summed E-state index contributed by atoms with van der Waals surface area (Å²) < 4.78 is 45.1. The van der Waals surface area contributed by atoms with Gasteiger partial charge in [0.25, 0.3) is 0 Å². The number of hydrogen-bond acceptors (Lipinski definition) is 6. The predicted octanol–water partition coefficient (Wildman–Crippen LogP) is 2.41. The molecule has 2 fully saturated rings. The number of benzene rings is 1. The minimum absolute atomic E-state index is 0.00858. The number of ether oxygens (including phenoxy) is 1. The van der Waals surface area contributed by atoms with Gasteiger partial charge in [-0.1, -0.05) is 13.0 Å². The molecular weight excluding hydrogens is 437 g/mol. The zero-order valence-electron chi connectivity index (χ0n) is 17.8. The van der Waals surface area contributed by atoms with Gasteiger partial charge in [0.05, 0.1) is 18.1 Å². The van der Waals surface area contributed by atoms with Crippen molar-refractivity contribution in [1.82, 2.24) is 10.2 Å². The molecule has 0 spiro atoms. The van der Waals surface area contributed by atoms with E-state index < -0.39 is 21.7 Å². The molecule has 1 saturated heterocycles. The molecule has 0 bridgehead atoms. The fourth-order valence-electron chi connectivity index (χ4n) is 3.80. The molecule has 2 aliphatic heterocycles. The average molecular weight is 464 g/mol. The normalized spacial score (nSPS) is 19.6.